The standard InChI is InChI=1S/C22H18BrN3O3/c1-2-8-28-18-5-3-4-14(10-18)21(27)25-17-6-7-20-19(11-17)26-22(29-20)15-9-16(23)13-24-12-15/h3-7,9-13H,2,8H2,1H3,(H,25,27). The van der Waals surface area contributed by atoms with Gasteiger partial charge in [0.15, 0.2) is 5.58 Å². The summed E-state index contributed by atoms with van der Waals surface area (Å²) in [6, 6.07) is 14.4. The highest BCUT2D eigenvalue weighted by Crippen LogP contribution is 2.27. The second-order valence-corrected chi connectivity index (χ2v) is 7.34. The number of carbonyl (C=O) groups excluding carboxylic acids is 1. The van der Waals surface area contributed by atoms with E-state index in [1.807, 2.05) is 19.1 Å². The van der Waals surface area contributed by atoms with Gasteiger partial charge in [0.1, 0.15) is 11.3 Å². The third-order valence-corrected chi connectivity index (χ3v) is 4.60. The minimum atomic E-state index is -0.216. The summed E-state index contributed by atoms with van der Waals surface area (Å²) in [7, 11) is 0. The second-order valence-electron chi connectivity index (χ2n) is 6.42. The first kappa shape index (κ1) is 19.1. The van der Waals surface area contributed by atoms with Gasteiger partial charge in [-0.3, -0.25) is 9.78 Å². The lowest BCUT2D eigenvalue weighted by molar-refractivity contribution is 0.102. The molecule has 0 saturated carbocycles. The highest BCUT2D eigenvalue weighted by molar-refractivity contribution is 9.10. The Hall–Kier alpha value is -3.19. The van der Waals surface area contributed by atoms with Crippen molar-refractivity contribution < 1.29 is 13.9 Å². The Labute approximate surface area is 176 Å². The molecule has 2 aromatic carbocycles. The predicted octanol–water partition coefficient (Wildman–Crippen LogP) is 5.69. The molecule has 0 bridgehead atoms. The van der Waals surface area contributed by atoms with Crippen LogP contribution in [0.15, 0.2) is 69.8 Å². The molecule has 0 unspecified atom stereocenters. The van der Waals surface area contributed by atoms with Crippen molar-refractivity contribution in [2.24, 2.45) is 0 Å². The first-order valence-corrected chi connectivity index (χ1v) is 9.97. The van der Waals surface area contributed by atoms with Crippen molar-refractivity contribution in [3.8, 4) is 17.2 Å². The lowest BCUT2D eigenvalue weighted by atomic mass is 10.2. The highest BCUT2D eigenvalue weighted by Gasteiger charge is 2.12. The number of nitrogens with one attached hydrogen (secondary N) is 1. The minimum absolute atomic E-state index is 0.216. The lowest BCUT2D eigenvalue weighted by Crippen LogP contribution is -2.12. The molecule has 0 aliphatic heterocycles. The maximum Gasteiger partial charge on any atom is 0.255 e. The Morgan fingerprint density at radius 2 is 2.07 bits per heavy atom. The van der Waals surface area contributed by atoms with Crippen LogP contribution in [0.3, 0.4) is 0 Å². The van der Waals surface area contributed by atoms with E-state index in [1.54, 1.807) is 48.8 Å². The van der Waals surface area contributed by atoms with Crippen LogP contribution in [0.25, 0.3) is 22.6 Å². The number of hydrogen-bond donors (Lipinski definition) is 1. The van der Waals surface area contributed by atoms with E-state index in [4.69, 9.17) is 9.15 Å². The number of fused-ring (bicyclic) bond motifs is 1. The van der Waals surface area contributed by atoms with E-state index in [1.165, 1.54) is 0 Å². The quantitative estimate of drug-likeness (QED) is 0.407. The van der Waals surface area contributed by atoms with Gasteiger partial charge in [-0.15, -0.1) is 0 Å². The van der Waals surface area contributed by atoms with E-state index >= 15 is 0 Å². The number of oxazole rings is 1. The molecular formula is C22H18BrN3O3. The van der Waals surface area contributed by atoms with Crippen LogP contribution < -0.4 is 10.1 Å². The van der Waals surface area contributed by atoms with E-state index in [0.29, 0.717) is 40.6 Å². The zero-order chi connectivity index (χ0) is 20.2. The average Bonchev–Trinajstić information content (AvgIpc) is 3.16. The Balaban J connectivity index is 1.55. The van der Waals surface area contributed by atoms with Crippen molar-refractivity contribution in [1.82, 2.24) is 9.97 Å². The molecule has 0 fully saturated rings. The van der Waals surface area contributed by atoms with Crippen LogP contribution >= 0.6 is 15.9 Å². The molecule has 1 amide bonds. The average molecular weight is 452 g/mol. The fraction of sp³-hybridized carbons (Fsp3) is 0.136. The number of anilines is 1. The molecular weight excluding hydrogens is 434 g/mol. The zero-order valence-electron chi connectivity index (χ0n) is 15.7. The summed E-state index contributed by atoms with van der Waals surface area (Å²) < 4.78 is 12.2. The molecule has 1 N–H and O–H groups in total. The summed E-state index contributed by atoms with van der Waals surface area (Å²) in [5.74, 6) is 0.933. The van der Waals surface area contributed by atoms with E-state index in [2.05, 4.69) is 31.2 Å². The number of pyridine rings is 1. The van der Waals surface area contributed by atoms with Crippen molar-refractivity contribution in [3.05, 3.63) is 71.0 Å². The monoisotopic (exact) mass is 451 g/mol. The van der Waals surface area contributed by atoms with Gasteiger partial charge in [0, 0.05) is 28.1 Å². The predicted molar refractivity (Wildman–Crippen MR) is 115 cm³/mol. The van der Waals surface area contributed by atoms with Crippen molar-refractivity contribution in [1.29, 1.82) is 0 Å². The minimum Gasteiger partial charge on any atom is -0.494 e. The largest absolute Gasteiger partial charge is 0.494 e. The SMILES string of the molecule is CCCOc1cccc(C(=O)Nc2ccc3oc(-c4cncc(Br)c4)nc3c2)c1. The third-order valence-electron chi connectivity index (χ3n) is 4.17. The molecule has 2 aromatic heterocycles. The van der Waals surface area contributed by atoms with Gasteiger partial charge in [-0.05, 0) is 64.8 Å². The first-order valence-electron chi connectivity index (χ1n) is 9.18. The molecule has 6 nitrogen and oxygen atoms in total. The number of ether oxygens (including phenoxy) is 1. The topological polar surface area (TPSA) is 77.2 Å². The molecule has 0 radical (unpaired) electrons. The summed E-state index contributed by atoms with van der Waals surface area (Å²) in [4.78, 5) is 21.3. The lowest BCUT2D eigenvalue weighted by Gasteiger charge is -2.08. The maximum atomic E-state index is 12.6. The van der Waals surface area contributed by atoms with E-state index in [0.717, 1.165) is 16.5 Å². The van der Waals surface area contributed by atoms with Gasteiger partial charge in [-0.25, -0.2) is 4.98 Å². The maximum absolute atomic E-state index is 12.6. The van der Waals surface area contributed by atoms with Crippen LogP contribution in [-0.2, 0) is 0 Å². The Bertz CT molecular complexity index is 1170. The summed E-state index contributed by atoms with van der Waals surface area (Å²) >= 11 is 3.39. The van der Waals surface area contributed by atoms with Crippen LogP contribution in [0.4, 0.5) is 5.69 Å². The van der Waals surface area contributed by atoms with Crippen molar-refractivity contribution in [3.63, 3.8) is 0 Å². The van der Waals surface area contributed by atoms with Gasteiger partial charge >= 0.3 is 0 Å². The van der Waals surface area contributed by atoms with E-state index in [-0.39, 0.29) is 5.91 Å². The van der Waals surface area contributed by atoms with Crippen LogP contribution in [0.2, 0.25) is 0 Å². The molecule has 29 heavy (non-hydrogen) atoms. The fourth-order valence-electron chi connectivity index (χ4n) is 2.81. The summed E-state index contributed by atoms with van der Waals surface area (Å²) in [6.45, 7) is 2.65. The van der Waals surface area contributed by atoms with Crippen molar-refractivity contribution in [2.45, 2.75) is 13.3 Å². The van der Waals surface area contributed by atoms with Gasteiger partial charge in [-0.2, -0.15) is 0 Å². The number of aromatic nitrogens is 2. The smallest absolute Gasteiger partial charge is 0.255 e. The second kappa shape index (κ2) is 8.45. The van der Waals surface area contributed by atoms with Crippen LogP contribution in [-0.4, -0.2) is 22.5 Å². The zero-order valence-corrected chi connectivity index (χ0v) is 17.3. The molecule has 0 aliphatic carbocycles. The Morgan fingerprint density at radius 1 is 1.17 bits per heavy atom. The number of rotatable bonds is 6. The van der Waals surface area contributed by atoms with Gasteiger partial charge in [0.2, 0.25) is 5.89 Å². The normalized spacial score (nSPS) is 10.8. The molecule has 2 heterocycles. The van der Waals surface area contributed by atoms with Gasteiger partial charge in [0.05, 0.1) is 12.2 Å². The van der Waals surface area contributed by atoms with Crippen LogP contribution in [0.5, 0.6) is 5.75 Å². The third kappa shape index (κ3) is 4.46. The van der Waals surface area contributed by atoms with E-state index in [9.17, 15) is 4.79 Å². The summed E-state index contributed by atoms with van der Waals surface area (Å²) in [6.07, 6.45) is 4.29. The Kier molecular flexibility index (Phi) is 5.57. The highest BCUT2D eigenvalue weighted by atomic mass is 79.9. The molecule has 146 valence electrons. The number of carbonyl (C=O) groups is 1. The van der Waals surface area contributed by atoms with Crippen molar-refractivity contribution in [2.75, 3.05) is 11.9 Å². The summed E-state index contributed by atoms with van der Waals surface area (Å²) in [5, 5.41) is 2.90. The van der Waals surface area contributed by atoms with Crippen LogP contribution in [0, 0.1) is 0 Å². The van der Waals surface area contributed by atoms with Crippen LogP contribution in [0.1, 0.15) is 23.7 Å². The molecule has 0 atom stereocenters. The molecule has 7 heteroatoms. The number of amides is 1. The Morgan fingerprint density at radius 3 is 2.90 bits per heavy atom. The summed E-state index contributed by atoms with van der Waals surface area (Å²) in [5.41, 5.74) is 3.21. The number of hydrogen-bond acceptors (Lipinski definition) is 5. The molecule has 4 aromatic rings. The molecule has 0 aliphatic rings. The first-order chi connectivity index (χ1) is 14.1. The van der Waals surface area contributed by atoms with Gasteiger partial charge < -0.3 is 14.5 Å². The van der Waals surface area contributed by atoms with Crippen molar-refractivity contribution >= 4 is 38.6 Å². The van der Waals surface area contributed by atoms with Gasteiger partial charge in [0.25, 0.3) is 5.91 Å². The van der Waals surface area contributed by atoms with E-state index < -0.39 is 0 Å². The number of nitrogens with zero attached hydrogens (tertiary/aromatic N) is 2. The molecule has 0 saturated heterocycles. The molecule has 4 rings (SSSR count). The fourth-order valence-corrected chi connectivity index (χ4v) is 3.17. The van der Waals surface area contributed by atoms with Gasteiger partial charge in [-0.1, -0.05) is 13.0 Å². The number of halogens is 1. The number of benzene rings is 2. The molecule has 0 spiro atoms.